The lowest BCUT2D eigenvalue weighted by Gasteiger charge is -2.12. The van der Waals surface area contributed by atoms with Gasteiger partial charge in [-0.2, -0.15) is 0 Å². The van der Waals surface area contributed by atoms with Crippen LogP contribution in [0.25, 0.3) is 5.65 Å². The Morgan fingerprint density at radius 1 is 1.35 bits per heavy atom. The number of pyridine rings is 1. The first-order valence-electron chi connectivity index (χ1n) is 7.23. The minimum atomic E-state index is -0.0925. The zero-order valence-corrected chi connectivity index (χ0v) is 11.5. The molecule has 4 nitrogen and oxygen atoms in total. The molecular weight excluding hydrogens is 250 g/mol. The van der Waals surface area contributed by atoms with E-state index in [4.69, 9.17) is 0 Å². The van der Waals surface area contributed by atoms with Gasteiger partial charge >= 0.3 is 0 Å². The lowest BCUT2D eigenvalue weighted by Crippen LogP contribution is -2.25. The third-order valence-electron chi connectivity index (χ3n) is 3.71. The fourth-order valence-electron chi connectivity index (χ4n) is 2.60. The summed E-state index contributed by atoms with van der Waals surface area (Å²) in [5.41, 5.74) is 2.76. The van der Waals surface area contributed by atoms with Gasteiger partial charge < -0.3 is 9.72 Å². The Hall–Kier alpha value is -2.10. The topological polar surface area (TPSA) is 46.4 Å². The van der Waals surface area contributed by atoms with Gasteiger partial charge in [-0.3, -0.25) is 4.79 Å². The van der Waals surface area contributed by atoms with Crippen LogP contribution in [0.1, 0.15) is 42.6 Å². The highest BCUT2D eigenvalue weighted by Crippen LogP contribution is 2.19. The van der Waals surface area contributed by atoms with Crippen molar-refractivity contribution >= 4 is 11.6 Å². The number of carbonyl (C=O) groups is 1. The summed E-state index contributed by atoms with van der Waals surface area (Å²) in [5, 5.41) is 2.95. The van der Waals surface area contributed by atoms with Crippen LogP contribution in [0, 0.1) is 0 Å². The van der Waals surface area contributed by atoms with Crippen molar-refractivity contribution in [2.45, 2.75) is 32.1 Å². The second-order valence-electron chi connectivity index (χ2n) is 5.21. The van der Waals surface area contributed by atoms with Gasteiger partial charge in [0.1, 0.15) is 11.3 Å². The van der Waals surface area contributed by atoms with E-state index < -0.39 is 0 Å². The zero-order chi connectivity index (χ0) is 13.8. The van der Waals surface area contributed by atoms with Crippen molar-refractivity contribution < 1.29 is 4.79 Å². The molecule has 0 aromatic carbocycles. The number of allylic oxidation sites excluding steroid dienone is 1. The molecule has 2 aromatic rings. The van der Waals surface area contributed by atoms with Crippen LogP contribution < -0.4 is 5.32 Å². The predicted octanol–water partition coefficient (Wildman–Crippen LogP) is 2.95. The first-order valence-corrected chi connectivity index (χ1v) is 7.23. The Kier molecular flexibility index (Phi) is 3.81. The minimum absolute atomic E-state index is 0.0925. The number of nitrogens with one attached hydrogen (secondary N) is 1. The predicted molar refractivity (Wildman–Crippen MR) is 78.7 cm³/mol. The highest BCUT2D eigenvalue weighted by atomic mass is 16.1. The average Bonchev–Trinajstić information content (AvgIpc) is 2.92. The van der Waals surface area contributed by atoms with Crippen molar-refractivity contribution in [3.63, 3.8) is 0 Å². The van der Waals surface area contributed by atoms with E-state index in [1.165, 1.54) is 31.3 Å². The summed E-state index contributed by atoms with van der Waals surface area (Å²) in [6.07, 6.45) is 11.9. The van der Waals surface area contributed by atoms with E-state index in [9.17, 15) is 4.79 Å². The molecule has 0 bridgehead atoms. The van der Waals surface area contributed by atoms with E-state index in [0.29, 0.717) is 12.2 Å². The SMILES string of the molecule is O=C(NCCC1=CCCCC1)c1cn2ccccc2n1. The second kappa shape index (κ2) is 5.90. The Morgan fingerprint density at radius 3 is 3.10 bits per heavy atom. The Bertz CT molecular complexity index is 609. The Balaban J connectivity index is 1.57. The first kappa shape index (κ1) is 12.9. The van der Waals surface area contributed by atoms with Crippen LogP contribution in [0.4, 0.5) is 0 Å². The smallest absolute Gasteiger partial charge is 0.271 e. The molecule has 0 spiro atoms. The number of imidazole rings is 1. The number of hydrogen-bond acceptors (Lipinski definition) is 2. The molecule has 104 valence electrons. The number of amides is 1. The molecule has 1 N–H and O–H groups in total. The largest absolute Gasteiger partial charge is 0.350 e. The van der Waals surface area contributed by atoms with E-state index >= 15 is 0 Å². The second-order valence-corrected chi connectivity index (χ2v) is 5.21. The molecule has 0 fully saturated rings. The van der Waals surface area contributed by atoms with Crippen molar-refractivity contribution in [2.75, 3.05) is 6.54 Å². The number of nitrogens with zero attached hydrogens (tertiary/aromatic N) is 2. The van der Waals surface area contributed by atoms with Gasteiger partial charge in [-0.05, 0) is 44.2 Å². The van der Waals surface area contributed by atoms with E-state index in [1.807, 2.05) is 28.8 Å². The lowest BCUT2D eigenvalue weighted by molar-refractivity contribution is 0.0949. The third-order valence-corrected chi connectivity index (χ3v) is 3.71. The maximum absolute atomic E-state index is 12.0. The van der Waals surface area contributed by atoms with Crippen LogP contribution in [-0.4, -0.2) is 21.8 Å². The van der Waals surface area contributed by atoms with Crippen molar-refractivity contribution in [1.82, 2.24) is 14.7 Å². The van der Waals surface area contributed by atoms with Crippen molar-refractivity contribution in [3.05, 3.63) is 47.9 Å². The molecule has 1 aliphatic carbocycles. The van der Waals surface area contributed by atoms with Crippen LogP contribution >= 0.6 is 0 Å². The van der Waals surface area contributed by atoms with E-state index in [1.54, 1.807) is 6.20 Å². The summed E-state index contributed by atoms with van der Waals surface area (Å²) in [6, 6.07) is 5.73. The summed E-state index contributed by atoms with van der Waals surface area (Å²) < 4.78 is 1.86. The fourth-order valence-corrected chi connectivity index (χ4v) is 2.60. The van der Waals surface area contributed by atoms with Crippen LogP contribution in [-0.2, 0) is 0 Å². The number of carbonyl (C=O) groups excluding carboxylic acids is 1. The van der Waals surface area contributed by atoms with Gasteiger partial charge in [0, 0.05) is 18.9 Å². The summed E-state index contributed by atoms with van der Waals surface area (Å²) >= 11 is 0. The average molecular weight is 269 g/mol. The highest BCUT2D eigenvalue weighted by molar-refractivity contribution is 5.92. The molecule has 0 unspecified atom stereocenters. The van der Waals surface area contributed by atoms with Gasteiger partial charge in [-0.1, -0.05) is 17.7 Å². The lowest BCUT2D eigenvalue weighted by atomic mass is 9.97. The normalized spacial score (nSPS) is 15.1. The van der Waals surface area contributed by atoms with Gasteiger partial charge in [-0.15, -0.1) is 0 Å². The van der Waals surface area contributed by atoms with Gasteiger partial charge in [0.05, 0.1) is 0 Å². The molecule has 1 amide bonds. The Morgan fingerprint density at radius 2 is 2.30 bits per heavy atom. The number of hydrogen-bond donors (Lipinski definition) is 1. The van der Waals surface area contributed by atoms with Crippen molar-refractivity contribution in [2.24, 2.45) is 0 Å². The molecule has 20 heavy (non-hydrogen) atoms. The van der Waals surface area contributed by atoms with Gasteiger partial charge in [0.25, 0.3) is 5.91 Å². The Labute approximate surface area is 118 Å². The number of rotatable bonds is 4. The van der Waals surface area contributed by atoms with E-state index in [0.717, 1.165) is 12.1 Å². The quantitative estimate of drug-likeness (QED) is 0.867. The molecule has 2 heterocycles. The maximum Gasteiger partial charge on any atom is 0.271 e. The van der Waals surface area contributed by atoms with Crippen LogP contribution in [0.15, 0.2) is 42.2 Å². The molecule has 0 saturated heterocycles. The monoisotopic (exact) mass is 269 g/mol. The van der Waals surface area contributed by atoms with Crippen LogP contribution in [0.2, 0.25) is 0 Å². The number of aromatic nitrogens is 2. The number of fused-ring (bicyclic) bond motifs is 1. The van der Waals surface area contributed by atoms with E-state index in [2.05, 4.69) is 16.4 Å². The molecule has 4 heteroatoms. The highest BCUT2D eigenvalue weighted by Gasteiger charge is 2.10. The van der Waals surface area contributed by atoms with Crippen LogP contribution in [0.3, 0.4) is 0 Å². The van der Waals surface area contributed by atoms with Crippen molar-refractivity contribution in [1.29, 1.82) is 0 Å². The van der Waals surface area contributed by atoms with Crippen LogP contribution in [0.5, 0.6) is 0 Å². The standard InChI is InChI=1S/C16H19N3O/c20-16(17-10-9-13-6-2-1-3-7-13)14-12-19-11-5-4-8-15(19)18-14/h4-6,8,11-12H,1-3,7,9-10H2,(H,17,20). The van der Waals surface area contributed by atoms with Gasteiger partial charge in [0.2, 0.25) is 0 Å². The summed E-state index contributed by atoms with van der Waals surface area (Å²) in [4.78, 5) is 16.4. The molecular formula is C16H19N3O. The van der Waals surface area contributed by atoms with Gasteiger partial charge in [0.15, 0.2) is 0 Å². The van der Waals surface area contributed by atoms with Gasteiger partial charge in [-0.25, -0.2) is 4.98 Å². The van der Waals surface area contributed by atoms with E-state index in [-0.39, 0.29) is 5.91 Å². The summed E-state index contributed by atoms with van der Waals surface area (Å²) in [7, 11) is 0. The molecule has 1 aliphatic rings. The molecule has 2 aromatic heterocycles. The fraction of sp³-hybridized carbons (Fsp3) is 0.375. The first-order chi connectivity index (χ1) is 9.83. The summed E-state index contributed by atoms with van der Waals surface area (Å²) in [6.45, 7) is 0.693. The third kappa shape index (κ3) is 2.90. The minimum Gasteiger partial charge on any atom is -0.350 e. The molecule has 0 atom stereocenters. The maximum atomic E-state index is 12.0. The molecule has 0 saturated carbocycles. The molecule has 3 rings (SSSR count). The summed E-state index contributed by atoms with van der Waals surface area (Å²) in [5.74, 6) is -0.0925. The molecule has 0 aliphatic heterocycles. The van der Waals surface area contributed by atoms with Crippen molar-refractivity contribution in [3.8, 4) is 0 Å². The zero-order valence-electron chi connectivity index (χ0n) is 11.5. The molecule has 0 radical (unpaired) electrons.